The van der Waals surface area contributed by atoms with E-state index in [-0.39, 0.29) is 18.8 Å². The van der Waals surface area contributed by atoms with Crippen LogP contribution in [0.3, 0.4) is 0 Å². The van der Waals surface area contributed by atoms with Crippen LogP contribution in [-0.4, -0.2) is 39.6 Å². The Kier molecular flexibility index (Phi) is 4.75. The average Bonchev–Trinajstić information content (AvgIpc) is 3.14. The summed E-state index contributed by atoms with van der Waals surface area (Å²) in [4.78, 5) is 4.85. The summed E-state index contributed by atoms with van der Waals surface area (Å²) in [6.45, 7) is 3.90. The van der Waals surface area contributed by atoms with Crippen LogP contribution in [0.2, 0.25) is 0 Å². The molecule has 1 aliphatic carbocycles. The number of hydrogen-bond acceptors (Lipinski definition) is 6. The second-order valence-corrected chi connectivity index (χ2v) is 7.34. The highest BCUT2D eigenvalue weighted by Gasteiger charge is 2.34. The minimum atomic E-state index is -0.300. The van der Waals surface area contributed by atoms with Crippen molar-refractivity contribution in [2.75, 3.05) is 13.7 Å². The largest absolute Gasteiger partial charge is 0.396 e. The molecule has 1 atom stereocenters. The van der Waals surface area contributed by atoms with Crippen LogP contribution in [0.5, 0.6) is 0 Å². The third-order valence-electron chi connectivity index (χ3n) is 5.58. The number of nitrogens with two attached hydrogens (primary N) is 1. The molecule has 0 radical (unpaired) electrons. The van der Waals surface area contributed by atoms with Crippen LogP contribution in [0, 0.1) is 13.8 Å². The number of rotatable bonds is 6. The minimum absolute atomic E-state index is 0.0417. The molecule has 1 saturated carbocycles. The molecular weight excluding hydrogens is 344 g/mol. The van der Waals surface area contributed by atoms with Crippen molar-refractivity contribution in [3.63, 3.8) is 0 Å². The number of benzene rings is 1. The van der Waals surface area contributed by atoms with Gasteiger partial charge in [0.15, 0.2) is 0 Å². The van der Waals surface area contributed by atoms with Gasteiger partial charge < -0.3 is 24.7 Å². The second kappa shape index (κ2) is 7.07. The predicted molar refractivity (Wildman–Crippen MR) is 102 cm³/mol. The standard InChI is InChI=1S/C20H26N4O3/c1-11-19(12(2)27-23-11)13-4-5-18-17(8-13)22-20(16(21)6-7-25)24(18)14-9-15(10-14)26-3/h4-5,8,14-16,25H,6-7,9-10,21H2,1-3H3/t14-,15-,16-/m0/s1. The van der Waals surface area contributed by atoms with Crippen LogP contribution in [0.15, 0.2) is 22.7 Å². The first-order chi connectivity index (χ1) is 13.0. The van der Waals surface area contributed by atoms with Gasteiger partial charge in [0.1, 0.15) is 11.6 Å². The maximum absolute atomic E-state index is 9.33. The van der Waals surface area contributed by atoms with Gasteiger partial charge >= 0.3 is 0 Å². The highest BCUT2D eigenvalue weighted by molar-refractivity contribution is 5.84. The summed E-state index contributed by atoms with van der Waals surface area (Å²) >= 11 is 0. The summed E-state index contributed by atoms with van der Waals surface area (Å²) in [5.74, 6) is 1.62. The summed E-state index contributed by atoms with van der Waals surface area (Å²) in [5.41, 5.74) is 11.2. The molecule has 4 rings (SSSR count). The van der Waals surface area contributed by atoms with Gasteiger partial charge in [-0.15, -0.1) is 0 Å². The fourth-order valence-corrected chi connectivity index (χ4v) is 4.02. The SMILES string of the molecule is CO[C@H]1C[C@H](n2c([C@@H](N)CCO)nc3cc(-c4c(C)noc4C)ccc32)C1. The summed E-state index contributed by atoms with van der Waals surface area (Å²) in [6, 6.07) is 6.27. The van der Waals surface area contributed by atoms with Gasteiger partial charge in [0, 0.05) is 25.3 Å². The zero-order valence-corrected chi connectivity index (χ0v) is 16.0. The minimum Gasteiger partial charge on any atom is -0.396 e. The van der Waals surface area contributed by atoms with E-state index in [4.69, 9.17) is 20.0 Å². The van der Waals surface area contributed by atoms with E-state index in [2.05, 4.69) is 27.9 Å². The summed E-state index contributed by atoms with van der Waals surface area (Å²) < 4.78 is 13.0. The van der Waals surface area contributed by atoms with Crippen LogP contribution in [0.25, 0.3) is 22.2 Å². The van der Waals surface area contributed by atoms with E-state index < -0.39 is 0 Å². The number of ether oxygens (including phenoxy) is 1. The van der Waals surface area contributed by atoms with Crippen molar-refractivity contribution < 1.29 is 14.4 Å². The zero-order chi connectivity index (χ0) is 19.1. The molecule has 1 aliphatic rings. The number of aliphatic hydroxyl groups is 1. The number of aromatic nitrogens is 3. The second-order valence-electron chi connectivity index (χ2n) is 7.34. The van der Waals surface area contributed by atoms with Gasteiger partial charge in [0.05, 0.1) is 28.9 Å². The van der Waals surface area contributed by atoms with Crippen LogP contribution in [0.1, 0.15) is 48.6 Å². The van der Waals surface area contributed by atoms with E-state index in [0.29, 0.717) is 12.5 Å². The Hall–Kier alpha value is -2.22. The lowest BCUT2D eigenvalue weighted by Gasteiger charge is -2.36. The van der Waals surface area contributed by atoms with Crippen LogP contribution < -0.4 is 5.73 Å². The van der Waals surface area contributed by atoms with Crippen LogP contribution in [-0.2, 0) is 4.74 Å². The molecule has 0 bridgehead atoms. The Bertz CT molecular complexity index is 936. The molecule has 3 N–H and O–H groups in total. The summed E-state index contributed by atoms with van der Waals surface area (Å²) in [6.07, 6.45) is 2.68. The fraction of sp³-hybridized carbons (Fsp3) is 0.500. The highest BCUT2D eigenvalue weighted by Crippen LogP contribution is 2.39. The third kappa shape index (κ3) is 3.05. The lowest BCUT2D eigenvalue weighted by Crippen LogP contribution is -2.34. The molecule has 0 amide bonds. The predicted octanol–water partition coefficient (Wildman–Crippen LogP) is 3.04. The number of fused-ring (bicyclic) bond motifs is 1. The van der Waals surface area contributed by atoms with Crippen molar-refractivity contribution >= 4 is 11.0 Å². The van der Waals surface area contributed by atoms with Gasteiger partial charge in [0.25, 0.3) is 0 Å². The molecule has 3 aromatic rings. The van der Waals surface area contributed by atoms with E-state index in [1.807, 2.05) is 13.8 Å². The maximum atomic E-state index is 9.33. The quantitative estimate of drug-likeness (QED) is 0.692. The van der Waals surface area contributed by atoms with E-state index in [1.54, 1.807) is 7.11 Å². The summed E-state index contributed by atoms with van der Waals surface area (Å²) in [5, 5.41) is 13.4. The number of methoxy groups -OCH3 is 1. The Morgan fingerprint density at radius 2 is 2.15 bits per heavy atom. The van der Waals surface area contributed by atoms with Crippen molar-refractivity contribution in [3.8, 4) is 11.1 Å². The molecule has 0 aliphatic heterocycles. The van der Waals surface area contributed by atoms with Crippen molar-refractivity contribution in [3.05, 3.63) is 35.5 Å². The van der Waals surface area contributed by atoms with E-state index in [9.17, 15) is 5.11 Å². The number of aryl methyl sites for hydroxylation is 2. The molecule has 27 heavy (non-hydrogen) atoms. The monoisotopic (exact) mass is 370 g/mol. The van der Waals surface area contributed by atoms with E-state index in [1.165, 1.54) is 0 Å². The van der Waals surface area contributed by atoms with Gasteiger partial charge in [-0.25, -0.2) is 4.98 Å². The van der Waals surface area contributed by atoms with E-state index in [0.717, 1.165) is 52.3 Å². The number of aliphatic hydroxyl groups excluding tert-OH is 1. The molecule has 1 fully saturated rings. The average molecular weight is 370 g/mol. The Morgan fingerprint density at radius 3 is 2.78 bits per heavy atom. The molecule has 1 aromatic carbocycles. The van der Waals surface area contributed by atoms with Gasteiger partial charge in [-0.2, -0.15) is 0 Å². The molecule has 7 nitrogen and oxygen atoms in total. The third-order valence-corrected chi connectivity index (χ3v) is 5.58. The summed E-state index contributed by atoms with van der Waals surface area (Å²) in [7, 11) is 1.75. The smallest absolute Gasteiger partial charge is 0.141 e. The van der Waals surface area contributed by atoms with Crippen LogP contribution in [0.4, 0.5) is 0 Å². The van der Waals surface area contributed by atoms with Gasteiger partial charge in [0.2, 0.25) is 0 Å². The van der Waals surface area contributed by atoms with Crippen molar-refractivity contribution in [1.82, 2.24) is 14.7 Å². The normalized spacial score (nSPS) is 20.8. The number of hydrogen-bond donors (Lipinski definition) is 2. The molecular formula is C20H26N4O3. The Morgan fingerprint density at radius 1 is 1.37 bits per heavy atom. The lowest BCUT2D eigenvalue weighted by atomic mass is 9.88. The maximum Gasteiger partial charge on any atom is 0.141 e. The van der Waals surface area contributed by atoms with Gasteiger partial charge in [-0.1, -0.05) is 11.2 Å². The first kappa shape index (κ1) is 18.2. The molecule has 0 unspecified atom stereocenters. The molecule has 144 valence electrons. The first-order valence-electron chi connectivity index (χ1n) is 9.37. The van der Waals surface area contributed by atoms with Crippen molar-refractivity contribution in [2.45, 2.75) is 51.3 Å². The van der Waals surface area contributed by atoms with Crippen molar-refractivity contribution in [1.29, 1.82) is 0 Å². The first-order valence-corrected chi connectivity index (χ1v) is 9.37. The Labute approximate surface area is 158 Å². The molecule has 7 heteroatoms. The lowest BCUT2D eigenvalue weighted by molar-refractivity contribution is 0.00621. The topological polar surface area (TPSA) is 99.3 Å². The molecule has 0 saturated heterocycles. The highest BCUT2D eigenvalue weighted by atomic mass is 16.5. The van der Waals surface area contributed by atoms with Crippen LogP contribution >= 0.6 is 0 Å². The van der Waals surface area contributed by atoms with Gasteiger partial charge in [-0.3, -0.25) is 0 Å². The number of nitrogens with zero attached hydrogens (tertiary/aromatic N) is 3. The van der Waals surface area contributed by atoms with E-state index >= 15 is 0 Å². The van der Waals surface area contributed by atoms with Gasteiger partial charge in [-0.05, 0) is 50.8 Å². The fourth-order valence-electron chi connectivity index (χ4n) is 4.02. The van der Waals surface area contributed by atoms with Crippen molar-refractivity contribution in [2.24, 2.45) is 5.73 Å². The number of imidazole rings is 1. The Balaban J connectivity index is 1.81. The molecule has 2 aromatic heterocycles. The molecule has 0 spiro atoms. The molecule has 2 heterocycles. The zero-order valence-electron chi connectivity index (χ0n) is 16.0.